The minimum Gasteiger partial charge on any atom is -0.322 e. The van der Waals surface area contributed by atoms with Gasteiger partial charge in [-0.3, -0.25) is 0 Å². The zero-order valence-electron chi connectivity index (χ0n) is 12.4. The Morgan fingerprint density at radius 3 is 1.94 bits per heavy atom. The van der Waals surface area contributed by atoms with Crippen LogP contribution in [0.1, 0.15) is 48.5 Å². The lowest BCUT2D eigenvalue weighted by Crippen LogP contribution is -2.63. The van der Waals surface area contributed by atoms with Crippen molar-refractivity contribution in [2.24, 2.45) is 22.3 Å². The molecule has 0 saturated carbocycles. The van der Waals surface area contributed by atoms with E-state index in [1.165, 1.54) is 11.1 Å². The highest BCUT2D eigenvalue weighted by Crippen LogP contribution is 2.41. The third kappa shape index (κ3) is 2.48. The Morgan fingerprint density at radius 2 is 1.59 bits per heavy atom. The predicted octanol–water partition coefficient (Wildman–Crippen LogP) is 2.99. The van der Waals surface area contributed by atoms with Crippen LogP contribution in [0.5, 0.6) is 0 Å². The summed E-state index contributed by atoms with van der Waals surface area (Å²) in [4.78, 5) is 0. The van der Waals surface area contributed by atoms with E-state index in [1.807, 2.05) is 0 Å². The molecular formula is C15H28N2. The van der Waals surface area contributed by atoms with E-state index >= 15 is 0 Å². The van der Waals surface area contributed by atoms with Crippen LogP contribution in [0.4, 0.5) is 0 Å². The molecule has 1 aliphatic carbocycles. The Hall–Kier alpha value is -0.600. The second-order valence-electron chi connectivity index (χ2n) is 7.40. The van der Waals surface area contributed by atoms with Gasteiger partial charge in [0.05, 0.1) is 5.54 Å². The topological polar surface area (TPSA) is 52.0 Å². The van der Waals surface area contributed by atoms with Gasteiger partial charge in [-0.25, -0.2) is 0 Å². The van der Waals surface area contributed by atoms with Crippen molar-refractivity contribution in [1.29, 1.82) is 0 Å². The van der Waals surface area contributed by atoms with Crippen LogP contribution in [-0.4, -0.2) is 11.6 Å². The maximum Gasteiger partial charge on any atom is 0.0586 e. The summed E-state index contributed by atoms with van der Waals surface area (Å²) in [5, 5.41) is 0. The standard InChI is InChI=1S/C15H28N2/c1-10-8-11(13(2,3)4)9-15(17,12(10)16)14(5,6)7/h8-9,12H,16-17H2,1-7H3. The van der Waals surface area contributed by atoms with Crippen LogP contribution in [0.15, 0.2) is 23.3 Å². The van der Waals surface area contributed by atoms with Crippen LogP contribution in [0, 0.1) is 10.8 Å². The third-order valence-corrected chi connectivity index (χ3v) is 3.95. The highest BCUT2D eigenvalue weighted by Gasteiger charge is 2.45. The molecule has 0 bridgehead atoms. The van der Waals surface area contributed by atoms with Crippen molar-refractivity contribution >= 4 is 0 Å². The lowest BCUT2D eigenvalue weighted by atomic mass is 9.63. The molecule has 0 spiro atoms. The van der Waals surface area contributed by atoms with Gasteiger partial charge in [0.25, 0.3) is 0 Å². The van der Waals surface area contributed by atoms with E-state index in [4.69, 9.17) is 11.5 Å². The summed E-state index contributed by atoms with van der Waals surface area (Å²) in [7, 11) is 0. The molecule has 2 atom stereocenters. The zero-order chi connectivity index (χ0) is 13.6. The summed E-state index contributed by atoms with van der Waals surface area (Å²) in [6.07, 6.45) is 4.38. The Balaban J connectivity index is 3.35. The van der Waals surface area contributed by atoms with Gasteiger partial charge in [-0.2, -0.15) is 0 Å². The van der Waals surface area contributed by atoms with Crippen molar-refractivity contribution in [1.82, 2.24) is 0 Å². The Labute approximate surface area is 106 Å². The van der Waals surface area contributed by atoms with Crippen LogP contribution >= 0.6 is 0 Å². The maximum absolute atomic E-state index is 6.61. The normalized spacial score (nSPS) is 31.0. The molecule has 0 aromatic carbocycles. The first-order valence-corrected chi connectivity index (χ1v) is 6.35. The summed E-state index contributed by atoms with van der Waals surface area (Å²) in [6, 6.07) is -0.103. The predicted molar refractivity (Wildman–Crippen MR) is 75.6 cm³/mol. The molecule has 0 amide bonds. The summed E-state index contributed by atoms with van der Waals surface area (Å²) in [5.41, 5.74) is 15.0. The molecule has 17 heavy (non-hydrogen) atoms. The van der Waals surface area contributed by atoms with Crippen molar-refractivity contribution in [2.75, 3.05) is 0 Å². The first-order chi connectivity index (χ1) is 7.39. The van der Waals surface area contributed by atoms with Gasteiger partial charge in [0.2, 0.25) is 0 Å². The highest BCUT2D eigenvalue weighted by atomic mass is 14.9. The van der Waals surface area contributed by atoms with Gasteiger partial charge < -0.3 is 11.5 Å². The summed E-state index contributed by atoms with van der Waals surface area (Å²) in [6.45, 7) is 15.2. The molecule has 1 aliphatic rings. The Bertz CT molecular complexity index is 363. The van der Waals surface area contributed by atoms with Crippen molar-refractivity contribution in [3.8, 4) is 0 Å². The number of hydrogen-bond donors (Lipinski definition) is 2. The van der Waals surface area contributed by atoms with Crippen LogP contribution in [0.3, 0.4) is 0 Å². The second kappa shape index (κ2) is 3.96. The van der Waals surface area contributed by atoms with Crippen molar-refractivity contribution < 1.29 is 0 Å². The van der Waals surface area contributed by atoms with Gasteiger partial charge in [0, 0.05) is 6.04 Å². The van der Waals surface area contributed by atoms with Crippen molar-refractivity contribution in [3.05, 3.63) is 23.3 Å². The lowest BCUT2D eigenvalue weighted by molar-refractivity contribution is 0.211. The van der Waals surface area contributed by atoms with E-state index in [1.54, 1.807) is 0 Å². The van der Waals surface area contributed by atoms with Gasteiger partial charge in [-0.05, 0) is 23.3 Å². The Kier molecular flexibility index (Phi) is 3.37. The average Bonchev–Trinajstić information content (AvgIpc) is 2.10. The van der Waals surface area contributed by atoms with E-state index in [0.29, 0.717) is 0 Å². The molecule has 0 aromatic rings. The van der Waals surface area contributed by atoms with Crippen LogP contribution in [0.2, 0.25) is 0 Å². The summed E-state index contributed by atoms with van der Waals surface area (Å²) in [5.74, 6) is 0. The fourth-order valence-corrected chi connectivity index (χ4v) is 2.22. The van der Waals surface area contributed by atoms with Gasteiger partial charge in [0.15, 0.2) is 0 Å². The molecule has 0 heterocycles. The Morgan fingerprint density at radius 1 is 1.12 bits per heavy atom. The van der Waals surface area contributed by atoms with Crippen molar-refractivity contribution in [2.45, 2.75) is 60.0 Å². The zero-order valence-corrected chi connectivity index (χ0v) is 12.4. The van der Waals surface area contributed by atoms with Gasteiger partial charge >= 0.3 is 0 Å². The molecule has 4 N–H and O–H groups in total. The molecule has 0 fully saturated rings. The van der Waals surface area contributed by atoms with E-state index < -0.39 is 5.54 Å². The van der Waals surface area contributed by atoms with E-state index in [2.05, 4.69) is 60.6 Å². The molecule has 0 radical (unpaired) electrons. The molecule has 2 heteroatoms. The molecule has 2 unspecified atom stereocenters. The van der Waals surface area contributed by atoms with E-state index in [-0.39, 0.29) is 16.9 Å². The number of rotatable bonds is 0. The van der Waals surface area contributed by atoms with Crippen LogP contribution in [0.25, 0.3) is 0 Å². The molecule has 1 rings (SSSR count). The second-order valence-corrected chi connectivity index (χ2v) is 7.40. The number of allylic oxidation sites excluding steroid dienone is 2. The SMILES string of the molecule is CC1=CC(C(C)(C)C)=CC(N)(C(C)(C)C)C1N. The minimum atomic E-state index is -0.478. The smallest absolute Gasteiger partial charge is 0.0586 e. The van der Waals surface area contributed by atoms with E-state index in [0.717, 1.165) is 0 Å². The van der Waals surface area contributed by atoms with Crippen molar-refractivity contribution in [3.63, 3.8) is 0 Å². The average molecular weight is 236 g/mol. The number of nitrogens with two attached hydrogens (primary N) is 2. The van der Waals surface area contributed by atoms with E-state index in [9.17, 15) is 0 Å². The first-order valence-electron chi connectivity index (χ1n) is 6.35. The molecule has 0 aliphatic heterocycles. The first kappa shape index (κ1) is 14.5. The van der Waals surface area contributed by atoms with Gasteiger partial charge in [-0.15, -0.1) is 0 Å². The molecule has 98 valence electrons. The number of hydrogen-bond acceptors (Lipinski definition) is 2. The van der Waals surface area contributed by atoms with Gasteiger partial charge in [0.1, 0.15) is 0 Å². The maximum atomic E-state index is 6.61. The summed E-state index contributed by atoms with van der Waals surface area (Å²) < 4.78 is 0. The quantitative estimate of drug-likeness (QED) is 0.679. The molecular weight excluding hydrogens is 208 g/mol. The van der Waals surface area contributed by atoms with Crippen LogP contribution < -0.4 is 11.5 Å². The molecule has 2 nitrogen and oxygen atoms in total. The van der Waals surface area contributed by atoms with Crippen LogP contribution in [-0.2, 0) is 0 Å². The molecule has 0 saturated heterocycles. The molecule has 0 aromatic heterocycles. The largest absolute Gasteiger partial charge is 0.322 e. The fraction of sp³-hybridized carbons (Fsp3) is 0.733. The monoisotopic (exact) mass is 236 g/mol. The summed E-state index contributed by atoms with van der Waals surface area (Å²) >= 11 is 0. The lowest BCUT2D eigenvalue weighted by Gasteiger charge is -2.47. The highest BCUT2D eigenvalue weighted by molar-refractivity contribution is 5.42. The minimum absolute atomic E-state index is 0.0571. The van der Waals surface area contributed by atoms with Gasteiger partial charge in [-0.1, -0.05) is 59.3 Å². The third-order valence-electron chi connectivity index (χ3n) is 3.95. The fourth-order valence-electron chi connectivity index (χ4n) is 2.22.